The number of amides is 3. The third-order valence-corrected chi connectivity index (χ3v) is 14.8. The van der Waals surface area contributed by atoms with Gasteiger partial charge >= 0.3 is 6.09 Å². The van der Waals surface area contributed by atoms with Crippen LogP contribution in [-0.4, -0.2) is 54.9 Å². The Bertz CT molecular complexity index is 1560. The predicted molar refractivity (Wildman–Crippen MR) is 194 cm³/mol. The van der Waals surface area contributed by atoms with Crippen LogP contribution in [0.3, 0.4) is 0 Å². The number of rotatable bonds is 11. The van der Waals surface area contributed by atoms with Crippen LogP contribution in [-0.2, 0) is 20.6 Å². The summed E-state index contributed by atoms with van der Waals surface area (Å²) in [4.78, 5) is 40.8. The van der Waals surface area contributed by atoms with E-state index in [0.29, 0.717) is 12.3 Å². The predicted octanol–water partition coefficient (Wildman–Crippen LogP) is 8.07. The number of carboxylic acid groups (broad SMARTS) is 1. The summed E-state index contributed by atoms with van der Waals surface area (Å²) in [6.07, 6.45) is -1.18. The Hall–Kier alpha value is -3.22. The number of carbonyl (C=O) groups excluding carboxylic acids is 2. The van der Waals surface area contributed by atoms with Gasteiger partial charge in [-0.15, -0.1) is 0 Å². The second-order valence-corrected chi connectivity index (χ2v) is 19.9. The summed E-state index contributed by atoms with van der Waals surface area (Å²) in [5.41, 5.74) is 5.89. The van der Waals surface area contributed by atoms with Crippen molar-refractivity contribution in [3.8, 4) is 11.1 Å². The van der Waals surface area contributed by atoms with Gasteiger partial charge in [-0.2, -0.15) is 0 Å². The van der Waals surface area contributed by atoms with Crippen molar-refractivity contribution in [2.75, 3.05) is 11.9 Å². The molecule has 246 valence electrons. The lowest BCUT2D eigenvalue weighted by Gasteiger charge is -2.36. The molecular weight excluding hydrogens is 709 g/mol. The van der Waals surface area contributed by atoms with E-state index in [0.717, 1.165) is 31.4 Å². The third kappa shape index (κ3) is 7.83. The highest BCUT2D eigenvalue weighted by Gasteiger charge is 2.39. The standard InChI is InChI=1S/C36H46IN3O5Si/c1-22(2)32(40(35(43)44)20-30-28-15-11-9-13-26(28)27-14-10-12-16-29(27)30)34(42)38-23(3)33(41)39-25-18-17-24(31(37)19-25)21-45-46(7,8)36(4,5)6/h9-19,22-23,30,32H,20-21H2,1-8H3,(H,38,42)(H,39,41)(H,43,44)/t23-,32-/m0/s1. The van der Waals surface area contributed by atoms with E-state index in [-0.39, 0.29) is 23.4 Å². The second-order valence-electron chi connectivity index (χ2n) is 13.9. The maximum atomic E-state index is 13.7. The van der Waals surface area contributed by atoms with Crippen molar-refractivity contribution in [3.63, 3.8) is 0 Å². The molecule has 0 aliphatic heterocycles. The minimum atomic E-state index is -1.91. The molecule has 0 saturated heterocycles. The number of carbonyl (C=O) groups is 3. The molecule has 1 aliphatic carbocycles. The molecule has 1 aliphatic rings. The number of benzene rings is 3. The van der Waals surface area contributed by atoms with Crippen LogP contribution in [0.2, 0.25) is 18.1 Å². The molecule has 3 aromatic rings. The van der Waals surface area contributed by atoms with Gasteiger partial charge in [0.05, 0.1) is 6.61 Å². The molecule has 8 nitrogen and oxygen atoms in total. The molecule has 10 heteroatoms. The monoisotopic (exact) mass is 755 g/mol. The maximum Gasteiger partial charge on any atom is 0.408 e. The largest absolute Gasteiger partial charge is 0.465 e. The van der Waals surface area contributed by atoms with Crippen molar-refractivity contribution < 1.29 is 23.9 Å². The normalized spacial score (nSPS) is 14.3. The molecule has 0 spiro atoms. The van der Waals surface area contributed by atoms with E-state index in [1.165, 1.54) is 4.90 Å². The smallest absolute Gasteiger partial charge is 0.408 e. The van der Waals surface area contributed by atoms with Gasteiger partial charge in [-0.3, -0.25) is 14.5 Å². The SMILES string of the molecule is CC(C)[C@@H](C(=O)N[C@@H](C)C(=O)Nc1ccc(CO[Si](C)(C)C(C)(C)C)c(I)c1)N(CC1c2ccccc2-c2ccccc21)C(=O)O. The quantitative estimate of drug-likeness (QED) is 0.136. The number of nitrogens with one attached hydrogen (secondary N) is 2. The lowest BCUT2D eigenvalue weighted by Crippen LogP contribution is -2.56. The van der Waals surface area contributed by atoms with Gasteiger partial charge in [-0.25, -0.2) is 4.79 Å². The van der Waals surface area contributed by atoms with Crippen molar-refractivity contribution in [1.29, 1.82) is 0 Å². The van der Waals surface area contributed by atoms with Gasteiger partial charge in [0, 0.05) is 21.7 Å². The van der Waals surface area contributed by atoms with Gasteiger partial charge in [-0.1, -0.05) is 89.2 Å². The zero-order valence-electron chi connectivity index (χ0n) is 28.0. The van der Waals surface area contributed by atoms with Crippen molar-refractivity contribution in [3.05, 3.63) is 87.0 Å². The first-order valence-electron chi connectivity index (χ1n) is 15.7. The van der Waals surface area contributed by atoms with Crippen LogP contribution < -0.4 is 10.6 Å². The summed E-state index contributed by atoms with van der Waals surface area (Å²) in [5.74, 6) is -1.44. The zero-order valence-corrected chi connectivity index (χ0v) is 31.1. The molecular formula is C36H46IN3O5Si. The number of halogens is 1. The van der Waals surface area contributed by atoms with Gasteiger partial charge in [0.15, 0.2) is 8.32 Å². The van der Waals surface area contributed by atoms with Crippen LogP contribution in [0, 0.1) is 9.49 Å². The lowest BCUT2D eigenvalue weighted by atomic mass is 9.94. The fourth-order valence-corrected chi connectivity index (χ4v) is 7.22. The molecule has 0 bridgehead atoms. The Morgan fingerprint density at radius 2 is 1.50 bits per heavy atom. The van der Waals surface area contributed by atoms with E-state index in [2.05, 4.69) is 67.1 Å². The Kier molecular flexibility index (Phi) is 11.1. The van der Waals surface area contributed by atoms with Crippen molar-refractivity contribution in [2.24, 2.45) is 5.92 Å². The van der Waals surface area contributed by atoms with Gasteiger partial charge in [0.2, 0.25) is 11.8 Å². The molecule has 3 amide bonds. The van der Waals surface area contributed by atoms with Crippen LogP contribution in [0.25, 0.3) is 11.1 Å². The lowest BCUT2D eigenvalue weighted by molar-refractivity contribution is -0.130. The number of anilines is 1. The van der Waals surface area contributed by atoms with E-state index in [1.54, 1.807) is 6.92 Å². The summed E-state index contributed by atoms with van der Waals surface area (Å²) in [6, 6.07) is 19.8. The van der Waals surface area contributed by atoms with E-state index in [4.69, 9.17) is 4.43 Å². The van der Waals surface area contributed by atoms with E-state index in [9.17, 15) is 19.5 Å². The summed E-state index contributed by atoms with van der Waals surface area (Å²) in [6.45, 7) is 16.9. The second kappa shape index (κ2) is 14.3. The average molecular weight is 756 g/mol. The highest BCUT2D eigenvalue weighted by molar-refractivity contribution is 14.1. The number of hydrogen-bond donors (Lipinski definition) is 3. The highest BCUT2D eigenvalue weighted by atomic mass is 127. The Balaban J connectivity index is 1.44. The van der Waals surface area contributed by atoms with E-state index < -0.39 is 38.3 Å². The Labute approximate surface area is 287 Å². The first-order valence-corrected chi connectivity index (χ1v) is 19.7. The average Bonchev–Trinajstić information content (AvgIpc) is 3.29. The number of hydrogen-bond acceptors (Lipinski definition) is 4. The number of nitrogens with zero attached hydrogens (tertiary/aromatic N) is 1. The zero-order chi connectivity index (χ0) is 34.0. The molecule has 0 fully saturated rings. The maximum absolute atomic E-state index is 13.7. The number of fused-ring (bicyclic) bond motifs is 3. The van der Waals surface area contributed by atoms with Crippen molar-refractivity contribution in [2.45, 2.75) is 84.3 Å². The van der Waals surface area contributed by atoms with Crippen molar-refractivity contribution in [1.82, 2.24) is 10.2 Å². The molecule has 46 heavy (non-hydrogen) atoms. The molecule has 0 saturated carbocycles. The molecule has 0 unspecified atom stereocenters. The fourth-order valence-electron chi connectivity index (χ4n) is 5.60. The third-order valence-electron chi connectivity index (χ3n) is 9.29. The highest BCUT2D eigenvalue weighted by Crippen LogP contribution is 2.45. The van der Waals surface area contributed by atoms with Gasteiger partial charge in [-0.05, 0) is 93.5 Å². The molecule has 3 N–H and O–H groups in total. The minimum absolute atomic E-state index is 0.107. The first kappa shape index (κ1) is 35.6. The topological polar surface area (TPSA) is 108 Å². The molecule has 2 atom stereocenters. The van der Waals surface area contributed by atoms with Crippen LogP contribution in [0.5, 0.6) is 0 Å². The van der Waals surface area contributed by atoms with Crippen LogP contribution in [0.15, 0.2) is 66.7 Å². The van der Waals surface area contributed by atoms with Gasteiger partial charge < -0.3 is 20.2 Å². The molecule has 4 rings (SSSR count). The Morgan fingerprint density at radius 3 is 2.00 bits per heavy atom. The molecule has 0 aromatic heterocycles. The van der Waals surface area contributed by atoms with Crippen LogP contribution in [0.1, 0.15) is 64.2 Å². The molecule has 0 radical (unpaired) electrons. The van der Waals surface area contributed by atoms with E-state index >= 15 is 0 Å². The summed E-state index contributed by atoms with van der Waals surface area (Å²) < 4.78 is 7.34. The summed E-state index contributed by atoms with van der Waals surface area (Å²) in [5, 5.41) is 16.1. The Morgan fingerprint density at radius 1 is 0.935 bits per heavy atom. The van der Waals surface area contributed by atoms with Crippen LogP contribution >= 0.6 is 22.6 Å². The summed E-state index contributed by atoms with van der Waals surface area (Å²) >= 11 is 2.25. The molecule has 0 heterocycles. The summed E-state index contributed by atoms with van der Waals surface area (Å²) in [7, 11) is -1.91. The first-order chi connectivity index (χ1) is 21.5. The minimum Gasteiger partial charge on any atom is -0.465 e. The molecule has 3 aromatic carbocycles. The van der Waals surface area contributed by atoms with Crippen molar-refractivity contribution >= 4 is 54.5 Å². The van der Waals surface area contributed by atoms with Crippen LogP contribution in [0.4, 0.5) is 10.5 Å². The fraction of sp³-hybridized carbons (Fsp3) is 0.417. The van der Waals surface area contributed by atoms with Gasteiger partial charge in [0.25, 0.3) is 0 Å². The van der Waals surface area contributed by atoms with E-state index in [1.807, 2.05) is 80.6 Å². The van der Waals surface area contributed by atoms with Gasteiger partial charge in [0.1, 0.15) is 12.1 Å².